The molecule has 3 aromatic rings. The topological polar surface area (TPSA) is 82.2 Å². The summed E-state index contributed by atoms with van der Waals surface area (Å²) in [7, 11) is 4.49. The van der Waals surface area contributed by atoms with Crippen molar-refractivity contribution in [3.63, 3.8) is 0 Å². The zero-order chi connectivity index (χ0) is 28.7. The first kappa shape index (κ1) is 29.0. The van der Waals surface area contributed by atoms with Crippen molar-refractivity contribution in [3.8, 4) is 23.0 Å². The first-order valence-electron chi connectivity index (χ1n) is 12.7. The number of rotatable bonds is 11. The molecule has 40 heavy (non-hydrogen) atoms. The summed E-state index contributed by atoms with van der Waals surface area (Å²) in [6.07, 6.45) is -0.0969. The van der Waals surface area contributed by atoms with Gasteiger partial charge in [0, 0.05) is 31.5 Å². The Morgan fingerprint density at radius 3 is 2.42 bits per heavy atom. The number of hydrogen-bond donors (Lipinski definition) is 1. The number of alkyl halides is 3. The zero-order valence-electron chi connectivity index (χ0n) is 22.6. The Balaban J connectivity index is 1.64. The van der Waals surface area contributed by atoms with Crippen molar-refractivity contribution in [1.82, 2.24) is 15.2 Å². The molecule has 0 radical (unpaired) electrons. The van der Waals surface area contributed by atoms with Gasteiger partial charge in [0.15, 0.2) is 29.6 Å². The highest BCUT2D eigenvalue weighted by atomic mass is 19.4. The van der Waals surface area contributed by atoms with Crippen LogP contribution in [-0.4, -0.2) is 63.0 Å². The molecule has 2 aromatic carbocycles. The molecule has 0 saturated carbocycles. The maximum atomic E-state index is 13.0. The maximum absolute atomic E-state index is 13.0. The van der Waals surface area contributed by atoms with Gasteiger partial charge in [-0.2, -0.15) is 13.2 Å². The summed E-state index contributed by atoms with van der Waals surface area (Å²) >= 11 is 0. The van der Waals surface area contributed by atoms with Crippen molar-refractivity contribution in [1.29, 1.82) is 0 Å². The van der Waals surface area contributed by atoms with Gasteiger partial charge in [-0.1, -0.05) is 12.1 Å². The van der Waals surface area contributed by atoms with E-state index in [-0.39, 0.29) is 30.0 Å². The molecule has 0 spiro atoms. The lowest BCUT2D eigenvalue weighted by molar-refractivity contribution is -0.153. The smallest absolute Gasteiger partial charge is 0.422 e. The number of aromatic nitrogens is 1. The van der Waals surface area contributed by atoms with Crippen LogP contribution in [0.3, 0.4) is 0 Å². The van der Waals surface area contributed by atoms with Gasteiger partial charge < -0.3 is 24.3 Å². The third-order valence-electron chi connectivity index (χ3n) is 6.72. The molecule has 11 heteroatoms. The van der Waals surface area contributed by atoms with Crippen LogP contribution in [0.15, 0.2) is 54.9 Å². The van der Waals surface area contributed by atoms with E-state index in [0.29, 0.717) is 37.4 Å². The van der Waals surface area contributed by atoms with Gasteiger partial charge in [0.2, 0.25) is 5.91 Å². The van der Waals surface area contributed by atoms with Crippen LogP contribution in [0, 0.1) is 0 Å². The summed E-state index contributed by atoms with van der Waals surface area (Å²) in [6, 6.07) is 12.2. The fraction of sp³-hybridized carbons (Fsp3) is 0.379. The van der Waals surface area contributed by atoms with Crippen LogP contribution in [0.1, 0.15) is 28.3 Å². The highest BCUT2D eigenvalue weighted by Gasteiger charge is 2.33. The van der Waals surface area contributed by atoms with E-state index < -0.39 is 12.8 Å². The number of ether oxygens (including phenoxy) is 4. The van der Waals surface area contributed by atoms with E-state index in [1.54, 1.807) is 50.9 Å². The van der Waals surface area contributed by atoms with E-state index in [1.165, 1.54) is 7.11 Å². The van der Waals surface area contributed by atoms with Gasteiger partial charge >= 0.3 is 6.18 Å². The van der Waals surface area contributed by atoms with Crippen molar-refractivity contribution in [2.45, 2.75) is 31.6 Å². The van der Waals surface area contributed by atoms with Crippen molar-refractivity contribution < 1.29 is 36.9 Å². The van der Waals surface area contributed by atoms with Crippen LogP contribution in [0.25, 0.3) is 0 Å². The number of amides is 1. The van der Waals surface area contributed by atoms with E-state index in [9.17, 15) is 18.0 Å². The number of hydrogen-bond acceptors (Lipinski definition) is 7. The minimum absolute atomic E-state index is 0.00114. The second-order valence-electron chi connectivity index (χ2n) is 9.37. The van der Waals surface area contributed by atoms with Crippen LogP contribution < -0.4 is 24.3 Å². The standard InChI is InChI=1S/C29H32F3N3O5/c1-37-24-7-6-19(12-25(24)38-2)11-23-22-14-27(40-18-29(30,31)32)26(39-3)13-21(22)8-10-35(23)17-28(36)34-16-20-5-4-9-33-15-20/h4-7,9,12-15,23H,8,10-11,16-18H2,1-3H3,(H,34,36). The Bertz CT molecular complexity index is 1300. The fourth-order valence-corrected chi connectivity index (χ4v) is 4.80. The molecular weight excluding hydrogens is 527 g/mol. The molecule has 1 amide bonds. The summed E-state index contributed by atoms with van der Waals surface area (Å²) in [4.78, 5) is 19.1. The SMILES string of the molecule is COc1ccc(CC2c3cc(OCC(F)(F)F)c(OC)cc3CCN2CC(=O)NCc2cccnc2)cc1OC. The third kappa shape index (κ3) is 7.35. The molecule has 0 saturated heterocycles. The van der Waals surface area contributed by atoms with Gasteiger partial charge in [-0.15, -0.1) is 0 Å². The lowest BCUT2D eigenvalue weighted by Gasteiger charge is -2.37. The van der Waals surface area contributed by atoms with Crippen LogP contribution in [0.2, 0.25) is 0 Å². The first-order chi connectivity index (χ1) is 19.2. The van der Waals surface area contributed by atoms with Gasteiger partial charge in [0.25, 0.3) is 0 Å². The van der Waals surface area contributed by atoms with Crippen molar-refractivity contribution in [3.05, 3.63) is 77.1 Å². The summed E-state index contributed by atoms with van der Waals surface area (Å²) in [5, 5.41) is 2.93. The van der Waals surface area contributed by atoms with Crippen molar-refractivity contribution in [2.24, 2.45) is 0 Å². The molecule has 8 nitrogen and oxygen atoms in total. The molecule has 214 valence electrons. The van der Waals surface area contributed by atoms with Crippen LogP contribution in [0.5, 0.6) is 23.0 Å². The second kappa shape index (κ2) is 12.9. The Kier molecular flexibility index (Phi) is 9.36. The molecule has 1 atom stereocenters. The fourth-order valence-electron chi connectivity index (χ4n) is 4.80. The number of halogens is 3. The number of fused-ring (bicyclic) bond motifs is 1. The summed E-state index contributed by atoms with van der Waals surface area (Å²) in [5.41, 5.74) is 3.48. The molecule has 1 aromatic heterocycles. The Morgan fingerprint density at radius 2 is 1.75 bits per heavy atom. The van der Waals surface area contributed by atoms with E-state index in [4.69, 9.17) is 18.9 Å². The highest BCUT2D eigenvalue weighted by Crippen LogP contribution is 2.41. The summed E-state index contributed by atoms with van der Waals surface area (Å²) in [6.45, 7) is -0.438. The zero-order valence-corrected chi connectivity index (χ0v) is 22.6. The number of methoxy groups -OCH3 is 3. The average molecular weight is 560 g/mol. The van der Waals surface area contributed by atoms with Gasteiger partial charge in [0.05, 0.1) is 27.9 Å². The molecule has 1 aliphatic rings. The molecule has 4 rings (SSSR count). The Labute approximate surface area is 231 Å². The second-order valence-corrected chi connectivity index (χ2v) is 9.37. The number of nitrogens with zero attached hydrogens (tertiary/aromatic N) is 2. The summed E-state index contributed by atoms with van der Waals surface area (Å²) in [5.74, 6) is 1.19. The molecule has 1 aliphatic heterocycles. The normalized spacial score (nSPS) is 15.2. The number of nitrogens with one attached hydrogen (secondary N) is 1. The first-order valence-corrected chi connectivity index (χ1v) is 12.7. The van der Waals surface area contributed by atoms with E-state index in [0.717, 1.165) is 22.3 Å². The highest BCUT2D eigenvalue weighted by molar-refractivity contribution is 5.78. The van der Waals surface area contributed by atoms with Gasteiger partial charge in [-0.25, -0.2) is 0 Å². The number of benzene rings is 2. The molecule has 2 heterocycles. The van der Waals surface area contributed by atoms with Gasteiger partial charge in [0.1, 0.15) is 0 Å². The molecule has 0 fully saturated rings. The summed E-state index contributed by atoms with van der Waals surface area (Å²) < 4.78 is 60.2. The largest absolute Gasteiger partial charge is 0.493 e. The lowest BCUT2D eigenvalue weighted by Crippen LogP contribution is -2.43. The quantitative estimate of drug-likeness (QED) is 0.370. The molecule has 0 bridgehead atoms. The molecule has 1 N–H and O–H groups in total. The van der Waals surface area contributed by atoms with E-state index >= 15 is 0 Å². The Hall–Kier alpha value is -3.99. The minimum Gasteiger partial charge on any atom is -0.493 e. The van der Waals surface area contributed by atoms with Crippen molar-refractivity contribution in [2.75, 3.05) is 41.0 Å². The van der Waals surface area contributed by atoms with Crippen molar-refractivity contribution >= 4 is 5.91 Å². The molecular formula is C29H32F3N3O5. The number of carbonyl (C=O) groups excluding carboxylic acids is 1. The van der Waals surface area contributed by atoms with Crippen LogP contribution in [-0.2, 0) is 24.2 Å². The predicted molar refractivity (Wildman–Crippen MR) is 142 cm³/mol. The number of pyridine rings is 1. The predicted octanol–water partition coefficient (Wildman–Crippen LogP) is 4.51. The van der Waals surface area contributed by atoms with E-state index in [2.05, 4.69) is 10.3 Å². The Morgan fingerprint density at radius 1 is 1.00 bits per heavy atom. The molecule has 0 aliphatic carbocycles. The lowest BCUT2D eigenvalue weighted by atomic mass is 9.88. The van der Waals surface area contributed by atoms with Crippen LogP contribution >= 0.6 is 0 Å². The van der Waals surface area contributed by atoms with Crippen LogP contribution in [0.4, 0.5) is 13.2 Å². The third-order valence-corrected chi connectivity index (χ3v) is 6.72. The number of carbonyl (C=O) groups is 1. The average Bonchev–Trinajstić information content (AvgIpc) is 2.95. The molecule has 1 unspecified atom stereocenters. The van der Waals surface area contributed by atoms with Gasteiger partial charge in [-0.05, 0) is 65.4 Å². The monoisotopic (exact) mass is 559 g/mol. The maximum Gasteiger partial charge on any atom is 0.422 e. The van der Waals surface area contributed by atoms with E-state index in [1.807, 2.05) is 23.1 Å². The minimum atomic E-state index is -4.50. The van der Waals surface area contributed by atoms with Gasteiger partial charge in [-0.3, -0.25) is 14.7 Å².